The van der Waals surface area contributed by atoms with Crippen LogP contribution in [0, 0.1) is 5.92 Å². The monoisotopic (exact) mass is 187 g/mol. The third kappa shape index (κ3) is 2.97. The standard InChI is InChI=1S/C9H17NO3/c10-6-7-1-3-9(13,4-2-7)5-8(11)12/h7,13H,1-6,10H2,(H,11,12). The smallest absolute Gasteiger partial charge is 0.306 e. The van der Waals surface area contributed by atoms with Crippen LogP contribution in [0.2, 0.25) is 0 Å². The van der Waals surface area contributed by atoms with Crippen LogP contribution in [-0.4, -0.2) is 28.3 Å². The molecule has 0 heterocycles. The van der Waals surface area contributed by atoms with Crippen LogP contribution in [0.25, 0.3) is 0 Å². The lowest BCUT2D eigenvalue weighted by Gasteiger charge is -2.34. The van der Waals surface area contributed by atoms with Gasteiger partial charge in [-0.25, -0.2) is 0 Å². The summed E-state index contributed by atoms with van der Waals surface area (Å²) in [4.78, 5) is 10.4. The Morgan fingerprint density at radius 2 is 2.00 bits per heavy atom. The summed E-state index contributed by atoms with van der Waals surface area (Å²) in [5, 5.41) is 18.4. The number of hydrogen-bond donors (Lipinski definition) is 3. The van der Waals surface area contributed by atoms with Crippen LogP contribution in [0.4, 0.5) is 0 Å². The van der Waals surface area contributed by atoms with Gasteiger partial charge in [0.1, 0.15) is 0 Å². The van der Waals surface area contributed by atoms with E-state index in [1.807, 2.05) is 0 Å². The van der Waals surface area contributed by atoms with Crippen LogP contribution in [0.3, 0.4) is 0 Å². The summed E-state index contributed by atoms with van der Waals surface area (Å²) in [5.41, 5.74) is 4.52. The van der Waals surface area contributed by atoms with Crippen molar-refractivity contribution in [1.29, 1.82) is 0 Å². The van der Waals surface area contributed by atoms with Crippen molar-refractivity contribution in [1.82, 2.24) is 0 Å². The summed E-state index contributed by atoms with van der Waals surface area (Å²) in [6, 6.07) is 0. The quantitative estimate of drug-likeness (QED) is 0.595. The molecule has 1 saturated carbocycles. The molecule has 0 aliphatic heterocycles. The molecular formula is C9H17NO3. The van der Waals surface area contributed by atoms with Crippen molar-refractivity contribution in [3.8, 4) is 0 Å². The van der Waals surface area contributed by atoms with Crippen molar-refractivity contribution in [3.63, 3.8) is 0 Å². The summed E-state index contributed by atoms with van der Waals surface area (Å²) in [5.74, 6) is -0.456. The molecule has 4 heteroatoms. The van der Waals surface area contributed by atoms with Crippen molar-refractivity contribution in [2.75, 3.05) is 6.54 Å². The van der Waals surface area contributed by atoms with Crippen molar-refractivity contribution < 1.29 is 15.0 Å². The molecule has 0 aromatic rings. The first-order valence-electron chi connectivity index (χ1n) is 4.70. The van der Waals surface area contributed by atoms with Gasteiger partial charge in [0.15, 0.2) is 0 Å². The molecule has 0 saturated heterocycles. The van der Waals surface area contributed by atoms with Gasteiger partial charge in [-0.1, -0.05) is 0 Å². The lowest BCUT2D eigenvalue weighted by atomic mass is 9.77. The summed E-state index contributed by atoms with van der Waals surface area (Å²) in [7, 11) is 0. The summed E-state index contributed by atoms with van der Waals surface area (Å²) >= 11 is 0. The molecule has 4 nitrogen and oxygen atoms in total. The average molecular weight is 187 g/mol. The van der Waals surface area contributed by atoms with Crippen LogP contribution < -0.4 is 5.73 Å². The fourth-order valence-electron chi connectivity index (χ4n) is 1.91. The van der Waals surface area contributed by atoms with E-state index in [9.17, 15) is 9.90 Å². The molecule has 4 N–H and O–H groups in total. The Morgan fingerprint density at radius 3 is 2.38 bits per heavy atom. The van der Waals surface area contributed by atoms with Crippen molar-refractivity contribution in [2.24, 2.45) is 11.7 Å². The molecule has 0 spiro atoms. The third-order valence-electron chi connectivity index (χ3n) is 2.85. The Balaban J connectivity index is 2.41. The number of carboxylic acids is 1. The lowest BCUT2D eigenvalue weighted by Crippen LogP contribution is -2.37. The second kappa shape index (κ2) is 4.07. The van der Waals surface area contributed by atoms with E-state index in [-0.39, 0.29) is 6.42 Å². The SMILES string of the molecule is NCC1CCC(O)(CC(=O)O)CC1. The number of aliphatic hydroxyl groups is 1. The van der Waals surface area contributed by atoms with Gasteiger partial charge in [-0.3, -0.25) is 4.79 Å². The van der Waals surface area contributed by atoms with Gasteiger partial charge in [0.25, 0.3) is 0 Å². The zero-order valence-corrected chi connectivity index (χ0v) is 7.70. The Morgan fingerprint density at radius 1 is 1.46 bits per heavy atom. The Bertz CT molecular complexity index is 185. The average Bonchev–Trinajstić information content (AvgIpc) is 2.04. The number of aliphatic carboxylic acids is 1. The van der Waals surface area contributed by atoms with Gasteiger partial charge in [0.05, 0.1) is 12.0 Å². The number of nitrogens with two attached hydrogens (primary N) is 1. The molecule has 0 amide bonds. The fourth-order valence-corrected chi connectivity index (χ4v) is 1.91. The van der Waals surface area contributed by atoms with Gasteiger partial charge in [-0.15, -0.1) is 0 Å². The zero-order chi connectivity index (χ0) is 9.90. The minimum Gasteiger partial charge on any atom is -0.481 e. The number of rotatable bonds is 3. The number of hydrogen-bond acceptors (Lipinski definition) is 3. The van der Waals surface area contributed by atoms with E-state index in [4.69, 9.17) is 10.8 Å². The first-order chi connectivity index (χ1) is 6.06. The molecule has 13 heavy (non-hydrogen) atoms. The van der Waals surface area contributed by atoms with Crippen LogP contribution >= 0.6 is 0 Å². The molecule has 1 aliphatic carbocycles. The molecular weight excluding hydrogens is 170 g/mol. The second-order valence-corrected chi connectivity index (χ2v) is 3.97. The molecule has 0 atom stereocenters. The van der Waals surface area contributed by atoms with Crippen molar-refractivity contribution >= 4 is 5.97 Å². The highest BCUT2D eigenvalue weighted by atomic mass is 16.4. The van der Waals surface area contributed by atoms with Crippen molar-refractivity contribution in [2.45, 2.75) is 37.7 Å². The van der Waals surface area contributed by atoms with E-state index >= 15 is 0 Å². The Kier molecular flexibility index (Phi) is 3.27. The first-order valence-corrected chi connectivity index (χ1v) is 4.70. The maximum atomic E-state index is 10.4. The van der Waals surface area contributed by atoms with Gasteiger partial charge < -0.3 is 15.9 Å². The first kappa shape index (κ1) is 10.5. The zero-order valence-electron chi connectivity index (χ0n) is 7.70. The number of carboxylic acid groups (broad SMARTS) is 1. The van der Waals surface area contributed by atoms with E-state index in [0.717, 1.165) is 12.8 Å². The maximum absolute atomic E-state index is 10.4. The molecule has 0 radical (unpaired) electrons. The van der Waals surface area contributed by atoms with Gasteiger partial charge in [-0.05, 0) is 38.1 Å². The highest BCUT2D eigenvalue weighted by Crippen LogP contribution is 2.33. The molecule has 1 rings (SSSR count). The van der Waals surface area contributed by atoms with E-state index in [1.54, 1.807) is 0 Å². The van der Waals surface area contributed by atoms with E-state index in [0.29, 0.717) is 25.3 Å². The van der Waals surface area contributed by atoms with Crippen LogP contribution in [0.1, 0.15) is 32.1 Å². The molecule has 1 aliphatic rings. The third-order valence-corrected chi connectivity index (χ3v) is 2.85. The predicted octanol–water partition coefficient (Wildman–Crippen LogP) is 0.341. The molecule has 1 fully saturated rings. The van der Waals surface area contributed by atoms with E-state index < -0.39 is 11.6 Å². The lowest BCUT2D eigenvalue weighted by molar-refractivity contribution is -0.144. The molecule has 0 unspecified atom stereocenters. The topological polar surface area (TPSA) is 83.5 Å². The predicted molar refractivity (Wildman–Crippen MR) is 48.2 cm³/mol. The molecule has 0 aromatic heterocycles. The van der Waals surface area contributed by atoms with Gasteiger partial charge in [-0.2, -0.15) is 0 Å². The van der Waals surface area contributed by atoms with Gasteiger partial charge >= 0.3 is 5.97 Å². The van der Waals surface area contributed by atoms with Crippen molar-refractivity contribution in [3.05, 3.63) is 0 Å². The van der Waals surface area contributed by atoms with E-state index in [1.165, 1.54) is 0 Å². The van der Waals surface area contributed by atoms with Gasteiger partial charge in [0, 0.05) is 0 Å². The van der Waals surface area contributed by atoms with Crippen LogP contribution in [-0.2, 0) is 4.79 Å². The second-order valence-electron chi connectivity index (χ2n) is 3.97. The Hall–Kier alpha value is -0.610. The maximum Gasteiger partial charge on any atom is 0.306 e. The fraction of sp³-hybridized carbons (Fsp3) is 0.889. The minimum absolute atomic E-state index is 0.135. The molecule has 76 valence electrons. The summed E-state index contributed by atoms with van der Waals surface area (Å²) < 4.78 is 0. The van der Waals surface area contributed by atoms with E-state index in [2.05, 4.69) is 0 Å². The largest absolute Gasteiger partial charge is 0.481 e. The highest BCUT2D eigenvalue weighted by molar-refractivity contribution is 5.68. The summed E-state index contributed by atoms with van der Waals surface area (Å²) in [6.45, 7) is 0.642. The normalized spacial score (nSPS) is 34.5. The Labute approximate surface area is 77.7 Å². The van der Waals surface area contributed by atoms with Gasteiger partial charge in [0.2, 0.25) is 0 Å². The highest BCUT2D eigenvalue weighted by Gasteiger charge is 2.34. The molecule has 0 aromatic carbocycles. The molecule has 0 bridgehead atoms. The minimum atomic E-state index is -0.975. The van der Waals surface area contributed by atoms with Crippen LogP contribution in [0.15, 0.2) is 0 Å². The van der Waals surface area contributed by atoms with Crippen LogP contribution in [0.5, 0.6) is 0 Å². The summed E-state index contributed by atoms with van der Waals surface area (Å²) in [6.07, 6.45) is 2.70. The number of carbonyl (C=O) groups is 1.